The third-order valence-electron chi connectivity index (χ3n) is 4.14. The normalized spacial score (nSPS) is 11.3. The van der Waals surface area contributed by atoms with E-state index in [0.29, 0.717) is 12.8 Å². The minimum absolute atomic E-state index is 0.267. The highest BCUT2D eigenvalue weighted by Crippen LogP contribution is 2.10. The average Bonchev–Trinajstić information content (AvgIpc) is 2.72. The zero-order valence-electron chi connectivity index (χ0n) is 15.4. The van der Waals surface area contributed by atoms with Crippen molar-refractivity contribution < 1.29 is 23.9 Å². The van der Waals surface area contributed by atoms with Crippen molar-refractivity contribution in [2.45, 2.75) is 25.3 Å². The van der Waals surface area contributed by atoms with Crippen LogP contribution in [-0.2, 0) is 20.7 Å². The molecule has 0 aliphatic rings. The summed E-state index contributed by atoms with van der Waals surface area (Å²) in [5, 5.41) is 2.69. The highest BCUT2D eigenvalue weighted by atomic mass is 16.5. The molecule has 2 aromatic carbocycles. The standard InChI is InChI=1S/C21H23NO5/c1-26-20(24)17-12-7-11-16(14-17)19(23)22-18(21(25)27-2)13-6-10-15-8-4-3-5-9-15/h3-5,7-9,11-12,14,18H,6,10,13H2,1-2H3,(H,22,23)/t18-/m1/s1. The molecule has 0 bridgehead atoms. The molecule has 27 heavy (non-hydrogen) atoms. The van der Waals surface area contributed by atoms with Crippen molar-refractivity contribution in [1.82, 2.24) is 5.32 Å². The second-order valence-electron chi connectivity index (χ2n) is 6.00. The lowest BCUT2D eigenvalue weighted by molar-refractivity contribution is -0.143. The fourth-order valence-corrected chi connectivity index (χ4v) is 2.69. The van der Waals surface area contributed by atoms with E-state index in [1.165, 1.54) is 25.8 Å². The van der Waals surface area contributed by atoms with Gasteiger partial charge in [-0.2, -0.15) is 0 Å². The van der Waals surface area contributed by atoms with Gasteiger partial charge in [-0.25, -0.2) is 9.59 Å². The second kappa shape index (κ2) is 10.1. The maximum atomic E-state index is 12.5. The number of benzene rings is 2. The van der Waals surface area contributed by atoms with Crippen LogP contribution in [0.2, 0.25) is 0 Å². The molecule has 142 valence electrons. The van der Waals surface area contributed by atoms with Crippen molar-refractivity contribution in [3.8, 4) is 0 Å². The zero-order chi connectivity index (χ0) is 19.6. The molecule has 0 fully saturated rings. The molecular formula is C21H23NO5. The van der Waals surface area contributed by atoms with Crippen LogP contribution in [0.25, 0.3) is 0 Å². The molecule has 2 aromatic rings. The molecule has 0 heterocycles. The van der Waals surface area contributed by atoms with Crippen LogP contribution >= 0.6 is 0 Å². The first-order valence-electron chi connectivity index (χ1n) is 8.66. The summed E-state index contributed by atoms with van der Waals surface area (Å²) in [6.07, 6.45) is 1.96. The molecular weight excluding hydrogens is 346 g/mol. The largest absolute Gasteiger partial charge is 0.467 e. The van der Waals surface area contributed by atoms with Gasteiger partial charge in [-0.3, -0.25) is 4.79 Å². The number of nitrogens with one attached hydrogen (secondary N) is 1. The Balaban J connectivity index is 2.01. The summed E-state index contributed by atoms with van der Waals surface area (Å²) in [7, 11) is 2.56. The van der Waals surface area contributed by atoms with Gasteiger partial charge in [-0.15, -0.1) is 0 Å². The lowest BCUT2D eigenvalue weighted by Gasteiger charge is -2.16. The van der Waals surface area contributed by atoms with Crippen LogP contribution in [0, 0.1) is 0 Å². The number of esters is 2. The highest BCUT2D eigenvalue weighted by molar-refractivity contribution is 5.99. The quantitative estimate of drug-likeness (QED) is 0.724. The third-order valence-corrected chi connectivity index (χ3v) is 4.14. The molecule has 6 heteroatoms. The van der Waals surface area contributed by atoms with Gasteiger partial charge in [0, 0.05) is 5.56 Å². The minimum atomic E-state index is -0.756. The van der Waals surface area contributed by atoms with E-state index in [2.05, 4.69) is 10.1 Å². The first-order valence-corrected chi connectivity index (χ1v) is 8.66. The Kier molecular flexibility index (Phi) is 7.55. The van der Waals surface area contributed by atoms with Crippen molar-refractivity contribution in [2.24, 2.45) is 0 Å². The second-order valence-corrected chi connectivity index (χ2v) is 6.00. The maximum Gasteiger partial charge on any atom is 0.337 e. The van der Waals surface area contributed by atoms with Gasteiger partial charge in [-0.1, -0.05) is 36.4 Å². The number of hydrogen-bond donors (Lipinski definition) is 1. The lowest BCUT2D eigenvalue weighted by atomic mass is 10.0. The summed E-state index contributed by atoms with van der Waals surface area (Å²) in [5.41, 5.74) is 1.71. The van der Waals surface area contributed by atoms with E-state index >= 15 is 0 Å². The monoisotopic (exact) mass is 369 g/mol. The van der Waals surface area contributed by atoms with Crippen molar-refractivity contribution in [3.05, 3.63) is 71.3 Å². The van der Waals surface area contributed by atoms with E-state index in [0.717, 1.165) is 6.42 Å². The van der Waals surface area contributed by atoms with Gasteiger partial charge in [0.1, 0.15) is 6.04 Å². The van der Waals surface area contributed by atoms with Gasteiger partial charge in [0.05, 0.1) is 19.8 Å². The van der Waals surface area contributed by atoms with Gasteiger partial charge >= 0.3 is 11.9 Å². The lowest BCUT2D eigenvalue weighted by Crippen LogP contribution is -2.41. The van der Waals surface area contributed by atoms with Crippen LogP contribution in [0.4, 0.5) is 0 Å². The molecule has 1 amide bonds. The topological polar surface area (TPSA) is 81.7 Å². The third kappa shape index (κ3) is 5.95. The van der Waals surface area contributed by atoms with Crippen LogP contribution in [0.3, 0.4) is 0 Å². The number of methoxy groups -OCH3 is 2. The van der Waals surface area contributed by atoms with Crippen molar-refractivity contribution in [2.75, 3.05) is 14.2 Å². The van der Waals surface area contributed by atoms with E-state index in [9.17, 15) is 14.4 Å². The average molecular weight is 369 g/mol. The Morgan fingerprint density at radius 3 is 2.30 bits per heavy atom. The summed E-state index contributed by atoms with van der Waals surface area (Å²) >= 11 is 0. The number of rotatable bonds is 8. The summed E-state index contributed by atoms with van der Waals surface area (Å²) in [6, 6.07) is 15.3. The number of carbonyl (C=O) groups is 3. The molecule has 0 saturated heterocycles. The Morgan fingerprint density at radius 2 is 1.63 bits per heavy atom. The van der Waals surface area contributed by atoms with E-state index in [4.69, 9.17) is 4.74 Å². The van der Waals surface area contributed by atoms with E-state index in [1.807, 2.05) is 30.3 Å². The molecule has 6 nitrogen and oxygen atoms in total. The number of carbonyl (C=O) groups excluding carboxylic acids is 3. The Bertz CT molecular complexity index is 788. The van der Waals surface area contributed by atoms with Crippen LogP contribution in [0.15, 0.2) is 54.6 Å². The van der Waals surface area contributed by atoms with Crippen LogP contribution in [0.1, 0.15) is 39.1 Å². The molecule has 0 unspecified atom stereocenters. The molecule has 0 radical (unpaired) electrons. The van der Waals surface area contributed by atoms with Gasteiger partial charge < -0.3 is 14.8 Å². The van der Waals surface area contributed by atoms with Gasteiger partial charge in [0.15, 0.2) is 0 Å². The Morgan fingerprint density at radius 1 is 0.926 bits per heavy atom. The van der Waals surface area contributed by atoms with Gasteiger partial charge in [0.2, 0.25) is 0 Å². The predicted molar refractivity (Wildman–Crippen MR) is 100 cm³/mol. The van der Waals surface area contributed by atoms with Crippen molar-refractivity contribution in [3.63, 3.8) is 0 Å². The number of amides is 1. The summed E-state index contributed by atoms with van der Waals surface area (Å²) in [6.45, 7) is 0. The van der Waals surface area contributed by atoms with Gasteiger partial charge in [-0.05, 0) is 43.0 Å². The number of aryl methyl sites for hydroxylation is 1. The first-order chi connectivity index (χ1) is 13.0. The van der Waals surface area contributed by atoms with E-state index in [1.54, 1.807) is 18.2 Å². The first kappa shape index (κ1) is 20.2. The Labute approximate surface area is 158 Å². The molecule has 0 aliphatic carbocycles. The SMILES string of the molecule is COC(=O)c1cccc(C(=O)N[C@H](CCCc2ccccc2)C(=O)OC)c1. The molecule has 0 spiro atoms. The fourth-order valence-electron chi connectivity index (χ4n) is 2.69. The van der Waals surface area contributed by atoms with Crippen molar-refractivity contribution in [1.29, 1.82) is 0 Å². The maximum absolute atomic E-state index is 12.5. The zero-order valence-corrected chi connectivity index (χ0v) is 15.4. The summed E-state index contributed by atoms with van der Waals surface area (Å²) in [5.74, 6) is -1.48. The highest BCUT2D eigenvalue weighted by Gasteiger charge is 2.22. The predicted octanol–water partition coefficient (Wildman–Crippen LogP) is 2.77. The Hall–Kier alpha value is -3.15. The van der Waals surface area contributed by atoms with E-state index < -0.39 is 23.9 Å². The summed E-state index contributed by atoms with van der Waals surface area (Å²) in [4.78, 5) is 36.1. The number of hydrogen-bond acceptors (Lipinski definition) is 5. The van der Waals surface area contributed by atoms with Crippen molar-refractivity contribution >= 4 is 17.8 Å². The van der Waals surface area contributed by atoms with Gasteiger partial charge in [0.25, 0.3) is 5.91 Å². The molecule has 2 rings (SSSR count). The molecule has 0 aliphatic heterocycles. The smallest absolute Gasteiger partial charge is 0.337 e. The molecule has 0 saturated carbocycles. The fraction of sp³-hybridized carbons (Fsp3) is 0.286. The van der Waals surface area contributed by atoms with E-state index in [-0.39, 0.29) is 11.1 Å². The summed E-state index contributed by atoms with van der Waals surface area (Å²) < 4.78 is 9.46. The van der Waals surface area contributed by atoms with Crippen LogP contribution < -0.4 is 5.32 Å². The molecule has 0 aromatic heterocycles. The molecule has 1 atom stereocenters. The number of ether oxygens (including phenoxy) is 2. The minimum Gasteiger partial charge on any atom is -0.467 e. The van der Waals surface area contributed by atoms with Crippen LogP contribution in [0.5, 0.6) is 0 Å². The molecule has 1 N–H and O–H groups in total. The van der Waals surface area contributed by atoms with Crippen LogP contribution in [-0.4, -0.2) is 38.1 Å².